The van der Waals surface area contributed by atoms with E-state index >= 15 is 0 Å². The summed E-state index contributed by atoms with van der Waals surface area (Å²) < 4.78 is 45.0. The Morgan fingerprint density at radius 2 is 1.94 bits per heavy atom. The summed E-state index contributed by atoms with van der Waals surface area (Å²) in [5.41, 5.74) is 0.824. The van der Waals surface area contributed by atoms with E-state index in [4.69, 9.17) is 4.74 Å². The molecule has 0 bridgehead atoms. The molecular weight excluding hydrogens is 445 g/mol. The van der Waals surface area contributed by atoms with Crippen LogP contribution in [-0.4, -0.2) is 60.9 Å². The van der Waals surface area contributed by atoms with Crippen molar-refractivity contribution in [3.05, 3.63) is 41.5 Å². The number of rotatable bonds is 3. The number of aliphatic hydroxyl groups is 1. The molecule has 0 radical (unpaired) electrons. The Morgan fingerprint density at radius 1 is 1.21 bits per heavy atom. The zero-order valence-electron chi connectivity index (χ0n) is 19.7. The number of hydrogen-bond donors (Lipinski definition) is 1. The molecule has 2 aliphatic carbocycles. The Kier molecular flexibility index (Phi) is 5.96. The van der Waals surface area contributed by atoms with Crippen LogP contribution in [0.4, 0.5) is 18.9 Å². The number of benzene rings is 1. The van der Waals surface area contributed by atoms with Gasteiger partial charge in [0.15, 0.2) is 0 Å². The van der Waals surface area contributed by atoms with Crippen LogP contribution in [0.15, 0.2) is 35.9 Å². The number of hydrogen-bond acceptors (Lipinski definition) is 5. The molecular formula is C26H33F3N2O3. The maximum Gasteiger partial charge on any atom is 0.416 e. The maximum atomic E-state index is 13.1. The van der Waals surface area contributed by atoms with E-state index in [9.17, 15) is 23.1 Å². The highest BCUT2D eigenvalue weighted by atomic mass is 19.4. The fraction of sp³-hybridized carbons (Fsp3) is 0.654. The van der Waals surface area contributed by atoms with E-state index in [1.165, 1.54) is 17.7 Å². The lowest BCUT2D eigenvalue weighted by atomic mass is 9.55. The van der Waals surface area contributed by atoms with Crippen molar-refractivity contribution in [3.63, 3.8) is 0 Å². The quantitative estimate of drug-likeness (QED) is 0.524. The molecule has 1 aromatic rings. The molecule has 1 saturated carbocycles. The minimum Gasteiger partial charge on any atom is -0.461 e. The average Bonchev–Trinajstić information content (AvgIpc) is 3.11. The Labute approximate surface area is 198 Å². The number of piperazine rings is 1. The van der Waals surface area contributed by atoms with Crippen molar-refractivity contribution in [1.29, 1.82) is 0 Å². The van der Waals surface area contributed by atoms with Crippen LogP contribution in [0.5, 0.6) is 0 Å². The molecule has 2 saturated heterocycles. The first-order chi connectivity index (χ1) is 16.1. The van der Waals surface area contributed by atoms with Gasteiger partial charge in [-0.1, -0.05) is 31.6 Å². The first-order valence-electron chi connectivity index (χ1n) is 12.3. The summed E-state index contributed by atoms with van der Waals surface area (Å²) in [6.45, 7) is 7.30. The van der Waals surface area contributed by atoms with Gasteiger partial charge in [-0.05, 0) is 37.0 Å². The van der Waals surface area contributed by atoms with E-state index in [2.05, 4.69) is 24.8 Å². The fourth-order valence-electron chi connectivity index (χ4n) is 6.62. The number of esters is 1. The molecule has 4 aliphatic rings. The van der Waals surface area contributed by atoms with Gasteiger partial charge >= 0.3 is 12.1 Å². The van der Waals surface area contributed by atoms with Gasteiger partial charge in [0.1, 0.15) is 6.10 Å². The van der Waals surface area contributed by atoms with Crippen molar-refractivity contribution in [2.75, 3.05) is 37.6 Å². The van der Waals surface area contributed by atoms with Crippen LogP contribution in [0.1, 0.15) is 38.7 Å². The first-order valence-corrected chi connectivity index (χ1v) is 12.3. The molecule has 5 nitrogen and oxygen atoms in total. The van der Waals surface area contributed by atoms with Crippen molar-refractivity contribution in [3.8, 4) is 0 Å². The van der Waals surface area contributed by atoms with Crippen LogP contribution in [-0.2, 0) is 15.7 Å². The van der Waals surface area contributed by atoms with Crippen molar-refractivity contribution in [2.24, 2.45) is 23.2 Å². The van der Waals surface area contributed by atoms with E-state index in [0.29, 0.717) is 50.7 Å². The summed E-state index contributed by atoms with van der Waals surface area (Å²) in [5, 5.41) is 11.5. The molecule has 8 heteroatoms. The van der Waals surface area contributed by atoms with Crippen LogP contribution in [0.3, 0.4) is 0 Å². The van der Waals surface area contributed by atoms with Gasteiger partial charge < -0.3 is 14.7 Å². The summed E-state index contributed by atoms with van der Waals surface area (Å²) in [7, 11) is 0. The second kappa shape index (κ2) is 8.55. The SMILES string of the molecule is C[C@@H]1CCC=C2C[C@H]3OC(=O)[C@@H](CN4CCN(c5cccc(C(F)(F)F)c5)CC4)[C@H]3[C@@H](O)[C@@]21C. The summed E-state index contributed by atoms with van der Waals surface area (Å²) in [4.78, 5) is 17.0. The van der Waals surface area contributed by atoms with E-state index in [-0.39, 0.29) is 29.3 Å². The monoisotopic (exact) mass is 478 g/mol. The lowest BCUT2D eigenvalue weighted by Crippen LogP contribution is -2.55. The standard InChI is InChI=1S/C26H33F3N2O3/c1-16-5-3-6-17-14-21-22(23(32)25(16,17)2)20(24(33)34-21)15-30-9-11-31(12-10-30)19-8-4-7-18(13-19)26(27,28)29/h4,6-8,13,16,20-23,32H,3,5,9-12,14-15H2,1-2H3/t16-,20+,21-,22-,23-,25-/m1/s1. The molecule has 1 aromatic carbocycles. The van der Waals surface area contributed by atoms with Crippen LogP contribution in [0.25, 0.3) is 0 Å². The number of allylic oxidation sites excluding steroid dienone is 1. The van der Waals surface area contributed by atoms with Crippen LogP contribution in [0.2, 0.25) is 0 Å². The van der Waals surface area contributed by atoms with E-state index in [0.717, 1.165) is 18.9 Å². The first kappa shape index (κ1) is 23.7. The third-order valence-electron chi connectivity index (χ3n) is 8.94. The Morgan fingerprint density at radius 3 is 2.65 bits per heavy atom. The van der Waals surface area contributed by atoms with Gasteiger partial charge in [-0.3, -0.25) is 9.69 Å². The number of anilines is 1. The molecule has 186 valence electrons. The molecule has 0 spiro atoms. The molecule has 34 heavy (non-hydrogen) atoms. The van der Waals surface area contributed by atoms with Gasteiger partial charge in [0.2, 0.25) is 0 Å². The van der Waals surface area contributed by atoms with Crippen molar-refractivity contribution >= 4 is 11.7 Å². The molecule has 0 amide bonds. The second-order valence-electron chi connectivity index (χ2n) is 10.6. The number of nitrogens with zero attached hydrogens (tertiary/aromatic N) is 2. The van der Waals surface area contributed by atoms with Gasteiger partial charge in [0.25, 0.3) is 0 Å². The molecule has 0 aromatic heterocycles. The van der Waals surface area contributed by atoms with Crippen molar-refractivity contribution in [2.45, 2.75) is 51.5 Å². The summed E-state index contributed by atoms with van der Waals surface area (Å²) in [6, 6.07) is 5.44. The van der Waals surface area contributed by atoms with E-state index in [1.807, 2.05) is 4.90 Å². The van der Waals surface area contributed by atoms with Gasteiger partial charge in [-0.15, -0.1) is 0 Å². The number of fused-ring (bicyclic) bond motifs is 2. The predicted molar refractivity (Wildman–Crippen MR) is 122 cm³/mol. The minimum absolute atomic E-state index is 0.225. The topological polar surface area (TPSA) is 53.0 Å². The summed E-state index contributed by atoms with van der Waals surface area (Å²) in [5.74, 6) is -0.495. The molecule has 1 N–H and O–H groups in total. The van der Waals surface area contributed by atoms with Crippen molar-refractivity contribution < 1.29 is 27.8 Å². The average molecular weight is 479 g/mol. The zero-order valence-corrected chi connectivity index (χ0v) is 19.7. The molecule has 2 heterocycles. The third kappa shape index (κ3) is 3.92. The second-order valence-corrected chi connectivity index (χ2v) is 10.6. The highest BCUT2D eigenvalue weighted by molar-refractivity contribution is 5.76. The third-order valence-corrected chi connectivity index (χ3v) is 8.94. The fourth-order valence-corrected chi connectivity index (χ4v) is 6.62. The van der Waals surface area contributed by atoms with E-state index < -0.39 is 17.8 Å². The van der Waals surface area contributed by atoms with Gasteiger partial charge in [-0.2, -0.15) is 13.2 Å². The number of aliphatic hydroxyl groups excluding tert-OH is 1. The van der Waals surface area contributed by atoms with Crippen LogP contribution in [0, 0.1) is 23.2 Å². The number of carbonyl (C=O) groups is 1. The van der Waals surface area contributed by atoms with Crippen molar-refractivity contribution in [1.82, 2.24) is 4.90 Å². The lowest BCUT2D eigenvalue weighted by molar-refractivity contribution is -0.145. The summed E-state index contributed by atoms with van der Waals surface area (Å²) in [6.07, 6.45) is -0.296. The minimum atomic E-state index is -4.36. The highest BCUT2D eigenvalue weighted by Gasteiger charge is 2.59. The van der Waals surface area contributed by atoms with Gasteiger partial charge in [-0.25, -0.2) is 0 Å². The number of halogens is 3. The largest absolute Gasteiger partial charge is 0.461 e. The predicted octanol–water partition coefficient (Wildman–Crippen LogP) is 4.11. The normalized spacial score (nSPS) is 36.5. The molecule has 5 rings (SSSR count). The Bertz CT molecular complexity index is 972. The highest BCUT2D eigenvalue weighted by Crippen LogP contribution is 2.56. The smallest absolute Gasteiger partial charge is 0.416 e. The van der Waals surface area contributed by atoms with Crippen LogP contribution >= 0.6 is 0 Å². The zero-order chi connectivity index (χ0) is 24.3. The number of alkyl halides is 3. The molecule has 6 atom stereocenters. The Balaban J connectivity index is 1.26. The van der Waals surface area contributed by atoms with E-state index in [1.54, 1.807) is 6.07 Å². The van der Waals surface area contributed by atoms with Gasteiger partial charge in [0, 0.05) is 56.2 Å². The lowest BCUT2D eigenvalue weighted by Gasteiger charge is -2.52. The van der Waals surface area contributed by atoms with Gasteiger partial charge in [0.05, 0.1) is 17.6 Å². The number of carbonyl (C=O) groups excluding carboxylic acids is 1. The van der Waals surface area contributed by atoms with Crippen LogP contribution < -0.4 is 4.90 Å². The maximum absolute atomic E-state index is 13.1. The summed E-state index contributed by atoms with van der Waals surface area (Å²) >= 11 is 0. The molecule has 2 aliphatic heterocycles. The Hall–Kier alpha value is -2.06. The molecule has 3 fully saturated rings. The number of ether oxygens (including phenoxy) is 1. The molecule has 0 unspecified atom stereocenters.